The molecule has 0 saturated heterocycles. The van der Waals surface area contributed by atoms with E-state index >= 15 is 0 Å². The van der Waals surface area contributed by atoms with Crippen LogP contribution in [-0.4, -0.2) is 47.8 Å². The van der Waals surface area contributed by atoms with Crippen LogP contribution in [0.2, 0.25) is 0 Å². The average Bonchev–Trinajstić information content (AvgIpc) is 2.78. The second-order valence-corrected chi connectivity index (χ2v) is 4.18. The highest BCUT2D eigenvalue weighted by Crippen LogP contribution is 2.37. The van der Waals surface area contributed by atoms with Crippen LogP contribution >= 0.6 is 0 Å². The van der Waals surface area contributed by atoms with Crippen molar-refractivity contribution in [2.24, 2.45) is 0 Å². The van der Waals surface area contributed by atoms with Crippen LogP contribution in [0.25, 0.3) is 0 Å². The van der Waals surface area contributed by atoms with Gasteiger partial charge in [-0.15, -0.1) is 0 Å². The molecule has 7 heteroatoms. The number of hydrogen-bond donors (Lipinski definition) is 1. The first kappa shape index (κ1) is 14.0. The number of ether oxygens (including phenoxy) is 2. The number of esters is 2. The number of hydrogen-bond acceptors (Lipinski definition) is 6. The molecule has 7 nitrogen and oxygen atoms in total. The molecule has 0 aliphatic carbocycles. The summed E-state index contributed by atoms with van der Waals surface area (Å²) in [5.41, 5.74) is 0.230. The molecule has 1 aliphatic rings. The third kappa shape index (κ3) is 2.01. The number of para-hydroxylation sites is 1. The van der Waals surface area contributed by atoms with Gasteiger partial charge in [0.2, 0.25) is 5.69 Å². The molecule has 0 aromatic heterocycles. The Balaban J connectivity index is 2.57. The first-order valence-corrected chi connectivity index (χ1v) is 5.80. The molecule has 0 saturated carbocycles. The maximum atomic E-state index is 12.1. The monoisotopic (exact) mass is 279 g/mol. The normalized spacial score (nSPS) is 18.4. The molecule has 1 aromatic carbocycles. The van der Waals surface area contributed by atoms with Gasteiger partial charge in [-0.3, -0.25) is 0 Å². The van der Waals surface area contributed by atoms with E-state index < -0.39 is 24.0 Å². The van der Waals surface area contributed by atoms with Crippen LogP contribution in [0.4, 0.5) is 5.69 Å². The number of carbonyl (C=O) groups excluding carboxylic acids is 2. The van der Waals surface area contributed by atoms with E-state index in [-0.39, 0.29) is 11.4 Å². The number of rotatable bonds is 3. The summed E-state index contributed by atoms with van der Waals surface area (Å²) in [6.45, 7) is 0. The Kier molecular flexibility index (Phi) is 3.71. The van der Waals surface area contributed by atoms with Gasteiger partial charge in [-0.05, 0) is 0 Å². The molecule has 0 amide bonds. The zero-order chi connectivity index (χ0) is 14.9. The molecule has 2 atom stereocenters. The third-order valence-corrected chi connectivity index (χ3v) is 3.16. The lowest BCUT2D eigenvalue weighted by atomic mass is 9.90. The summed E-state index contributed by atoms with van der Waals surface area (Å²) in [5, 5.41) is 22.2. The van der Waals surface area contributed by atoms with Crippen LogP contribution in [0.15, 0.2) is 24.3 Å². The fourth-order valence-corrected chi connectivity index (χ4v) is 2.23. The Morgan fingerprint density at radius 1 is 1.30 bits per heavy atom. The largest absolute Gasteiger partial charge is 0.618 e. The molecule has 0 spiro atoms. The Labute approximate surface area is 114 Å². The van der Waals surface area contributed by atoms with Crippen molar-refractivity contribution in [1.29, 1.82) is 0 Å². The van der Waals surface area contributed by atoms with Gasteiger partial charge in [0.25, 0.3) is 5.71 Å². The molecule has 0 radical (unpaired) electrons. The number of aliphatic hydroxyl groups is 1. The molecule has 2 rings (SSSR count). The quantitative estimate of drug-likeness (QED) is 0.477. The summed E-state index contributed by atoms with van der Waals surface area (Å²) < 4.78 is 9.38. The standard InChI is InChI=1S/C13H13NO6/c1-19-12(16)10-9(11(15)13(17)20-2)7-5-3-4-6-8(7)14(10)18/h3-6,9,11,15H,1-2H3/t9-,11-/m0/s1. The van der Waals surface area contributed by atoms with Crippen molar-refractivity contribution >= 4 is 23.3 Å². The lowest BCUT2D eigenvalue weighted by molar-refractivity contribution is -0.357. The van der Waals surface area contributed by atoms with E-state index in [9.17, 15) is 19.9 Å². The number of nitrogens with zero attached hydrogens (tertiary/aromatic N) is 1. The van der Waals surface area contributed by atoms with E-state index in [4.69, 9.17) is 0 Å². The lowest BCUT2D eigenvalue weighted by Crippen LogP contribution is -2.37. The smallest absolute Gasteiger partial charge is 0.400 e. The molecule has 0 unspecified atom stereocenters. The second-order valence-electron chi connectivity index (χ2n) is 4.18. The van der Waals surface area contributed by atoms with Gasteiger partial charge in [-0.1, -0.05) is 18.2 Å². The number of aliphatic hydroxyl groups excluding tert-OH is 1. The van der Waals surface area contributed by atoms with Crippen LogP contribution in [0.5, 0.6) is 0 Å². The summed E-state index contributed by atoms with van der Waals surface area (Å²) in [5.74, 6) is -2.94. The van der Waals surface area contributed by atoms with Gasteiger partial charge in [0.15, 0.2) is 6.10 Å². The molecule has 0 fully saturated rings. The summed E-state index contributed by atoms with van der Waals surface area (Å²) in [4.78, 5) is 23.3. The van der Waals surface area contributed by atoms with Crippen molar-refractivity contribution in [2.45, 2.75) is 12.0 Å². The fraction of sp³-hybridized carbons (Fsp3) is 0.308. The SMILES string of the molecule is COC(=O)C1=[N+]([O-])c2ccccc2[C@@H]1[C@H](O)C(=O)OC. The Morgan fingerprint density at radius 2 is 1.95 bits per heavy atom. The lowest BCUT2D eigenvalue weighted by Gasteiger charge is -2.14. The van der Waals surface area contributed by atoms with Gasteiger partial charge in [-0.25, -0.2) is 9.59 Å². The van der Waals surface area contributed by atoms with Crippen molar-refractivity contribution in [3.8, 4) is 0 Å². The minimum Gasteiger partial charge on any atom is -0.618 e. The van der Waals surface area contributed by atoms with Crippen LogP contribution < -0.4 is 0 Å². The van der Waals surface area contributed by atoms with Gasteiger partial charge in [0.05, 0.1) is 14.2 Å². The Hall–Kier alpha value is -2.41. The molecule has 106 valence electrons. The van der Waals surface area contributed by atoms with Gasteiger partial charge in [0, 0.05) is 11.6 Å². The molecular formula is C13H13NO6. The Bertz CT molecular complexity index is 594. The topological polar surface area (TPSA) is 98.9 Å². The van der Waals surface area contributed by atoms with E-state index in [1.165, 1.54) is 6.07 Å². The van der Waals surface area contributed by atoms with Gasteiger partial charge >= 0.3 is 11.9 Å². The minimum atomic E-state index is -1.66. The van der Waals surface area contributed by atoms with Gasteiger partial charge in [-0.2, -0.15) is 4.74 Å². The first-order chi connectivity index (χ1) is 9.52. The van der Waals surface area contributed by atoms with Crippen LogP contribution in [0, 0.1) is 5.21 Å². The predicted octanol–water partition coefficient (Wildman–Crippen LogP) is 0.0735. The third-order valence-electron chi connectivity index (χ3n) is 3.16. The first-order valence-electron chi connectivity index (χ1n) is 5.80. The highest BCUT2D eigenvalue weighted by atomic mass is 16.5. The number of methoxy groups -OCH3 is 2. The summed E-state index contributed by atoms with van der Waals surface area (Å²) in [6.07, 6.45) is -1.66. The van der Waals surface area contributed by atoms with Crippen molar-refractivity contribution in [2.75, 3.05) is 14.2 Å². The maximum Gasteiger partial charge on any atom is 0.400 e. The van der Waals surface area contributed by atoms with Crippen molar-refractivity contribution < 1.29 is 28.9 Å². The van der Waals surface area contributed by atoms with Crippen LogP contribution in [0.1, 0.15) is 11.5 Å². The molecule has 0 bridgehead atoms. The predicted molar refractivity (Wildman–Crippen MR) is 67.5 cm³/mol. The van der Waals surface area contributed by atoms with Crippen LogP contribution in [-0.2, 0) is 19.1 Å². The molecule has 20 heavy (non-hydrogen) atoms. The number of fused-ring (bicyclic) bond motifs is 1. The van der Waals surface area contributed by atoms with Crippen molar-refractivity contribution in [3.05, 3.63) is 35.0 Å². The molecule has 1 aromatic rings. The minimum absolute atomic E-state index is 0.195. The Morgan fingerprint density at radius 3 is 2.55 bits per heavy atom. The molecule has 1 aliphatic heterocycles. The van der Waals surface area contributed by atoms with E-state index in [1.54, 1.807) is 18.2 Å². The summed E-state index contributed by atoms with van der Waals surface area (Å²) in [7, 11) is 2.23. The maximum absolute atomic E-state index is 12.1. The van der Waals surface area contributed by atoms with E-state index in [2.05, 4.69) is 9.47 Å². The van der Waals surface area contributed by atoms with E-state index in [1.807, 2.05) is 0 Å². The van der Waals surface area contributed by atoms with Gasteiger partial charge < -0.3 is 19.8 Å². The van der Waals surface area contributed by atoms with E-state index in [0.29, 0.717) is 10.3 Å². The van der Waals surface area contributed by atoms with Gasteiger partial charge in [0.1, 0.15) is 5.92 Å². The summed E-state index contributed by atoms with van der Waals surface area (Å²) >= 11 is 0. The van der Waals surface area contributed by atoms with Crippen molar-refractivity contribution in [1.82, 2.24) is 0 Å². The molecular weight excluding hydrogens is 266 g/mol. The highest BCUT2D eigenvalue weighted by Gasteiger charge is 2.48. The molecule has 1 heterocycles. The van der Waals surface area contributed by atoms with Crippen molar-refractivity contribution in [3.63, 3.8) is 0 Å². The molecule has 1 N–H and O–H groups in total. The fourth-order valence-electron chi connectivity index (χ4n) is 2.23. The zero-order valence-electron chi connectivity index (χ0n) is 10.9. The highest BCUT2D eigenvalue weighted by molar-refractivity contribution is 6.38. The van der Waals surface area contributed by atoms with Crippen LogP contribution in [0.3, 0.4) is 0 Å². The summed E-state index contributed by atoms with van der Waals surface area (Å²) in [6, 6.07) is 6.32. The average molecular weight is 279 g/mol. The van der Waals surface area contributed by atoms with E-state index in [0.717, 1.165) is 14.2 Å². The second kappa shape index (κ2) is 5.30. The zero-order valence-corrected chi connectivity index (χ0v) is 10.9. The number of carbonyl (C=O) groups is 2. The number of benzene rings is 1.